The lowest BCUT2D eigenvalue weighted by Crippen LogP contribution is -2.30. The van der Waals surface area contributed by atoms with Gasteiger partial charge in [0.05, 0.1) is 0 Å². The van der Waals surface area contributed by atoms with Crippen LogP contribution in [0.5, 0.6) is 0 Å². The maximum Gasteiger partial charge on any atom is 0.306 e. The molecule has 61 heavy (non-hydrogen) atoms. The number of rotatable bonds is 47. The minimum atomic E-state index is -0.782. The van der Waals surface area contributed by atoms with Crippen LogP contribution in [0.25, 0.3) is 0 Å². The lowest BCUT2D eigenvalue weighted by molar-refractivity contribution is -0.167. The van der Waals surface area contributed by atoms with Crippen LogP contribution in [0.4, 0.5) is 0 Å². The van der Waals surface area contributed by atoms with Crippen molar-refractivity contribution in [1.82, 2.24) is 0 Å². The van der Waals surface area contributed by atoms with Crippen LogP contribution < -0.4 is 0 Å². The van der Waals surface area contributed by atoms with Gasteiger partial charge in [-0.15, -0.1) is 0 Å². The van der Waals surface area contributed by atoms with Crippen molar-refractivity contribution < 1.29 is 28.6 Å². The van der Waals surface area contributed by atoms with Crippen molar-refractivity contribution >= 4 is 17.9 Å². The zero-order valence-electron chi connectivity index (χ0n) is 40.4. The van der Waals surface area contributed by atoms with E-state index in [0.29, 0.717) is 19.3 Å². The van der Waals surface area contributed by atoms with E-state index in [1.807, 2.05) is 0 Å². The Bertz CT molecular complexity index is 1070. The van der Waals surface area contributed by atoms with Crippen LogP contribution in [0.1, 0.15) is 265 Å². The van der Waals surface area contributed by atoms with E-state index in [-0.39, 0.29) is 31.1 Å². The first kappa shape index (κ1) is 58.4. The van der Waals surface area contributed by atoms with E-state index in [4.69, 9.17) is 14.2 Å². The molecule has 0 aromatic rings. The molecule has 1 atom stereocenters. The SMILES string of the molecule is CCC/C=C\C/C=C\CCCCCCCC(=O)OC(COC(=O)CCCCCCC/C=C\CCCC)COC(=O)CCCCCCCCCCC/C=C\CCCCCCCC. The minimum absolute atomic E-state index is 0.0818. The molecule has 0 heterocycles. The molecule has 354 valence electrons. The molecule has 0 spiro atoms. The van der Waals surface area contributed by atoms with E-state index in [9.17, 15) is 14.4 Å². The predicted octanol–water partition coefficient (Wildman–Crippen LogP) is 17.1. The second-order valence-electron chi connectivity index (χ2n) is 17.4. The molecule has 0 saturated heterocycles. The van der Waals surface area contributed by atoms with Crippen molar-refractivity contribution in [2.24, 2.45) is 0 Å². The van der Waals surface area contributed by atoms with E-state index in [1.54, 1.807) is 0 Å². The summed E-state index contributed by atoms with van der Waals surface area (Å²) < 4.78 is 16.8. The summed E-state index contributed by atoms with van der Waals surface area (Å²) in [6, 6.07) is 0. The summed E-state index contributed by atoms with van der Waals surface area (Å²) in [4.78, 5) is 37.9. The first-order valence-corrected chi connectivity index (χ1v) is 26.1. The van der Waals surface area contributed by atoms with E-state index >= 15 is 0 Å². The van der Waals surface area contributed by atoms with Crippen LogP contribution in [-0.2, 0) is 28.6 Å². The number of carbonyl (C=O) groups is 3. The third kappa shape index (κ3) is 48.3. The fourth-order valence-electron chi connectivity index (χ4n) is 7.28. The standard InChI is InChI=1S/C55H98O6/c1-4-7-10-13-16-19-22-24-25-26-27-28-29-31-33-36-39-42-45-48-54(57)60-51-52(50-59-53(56)47-44-41-38-35-32-21-18-15-12-9-6-3)61-55(58)49-46-43-40-37-34-30-23-20-17-14-11-8-5-2/h11,14-15,18,20,23-25,52H,4-10,12-13,16-17,19,21-22,26-51H2,1-3H3/b14-11-,18-15-,23-20-,25-24-. The van der Waals surface area contributed by atoms with Crippen LogP contribution in [0.15, 0.2) is 48.6 Å². The molecule has 0 bridgehead atoms. The highest BCUT2D eigenvalue weighted by atomic mass is 16.6. The molecule has 0 aliphatic carbocycles. The molecule has 0 rings (SSSR count). The lowest BCUT2D eigenvalue weighted by Gasteiger charge is -2.18. The molecule has 0 amide bonds. The second-order valence-corrected chi connectivity index (χ2v) is 17.4. The minimum Gasteiger partial charge on any atom is -0.462 e. The van der Waals surface area contributed by atoms with Crippen molar-refractivity contribution in [3.63, 3.8) is 0 Å². The number of hydrogen-bond acceptors (Lipinski definition) is 6. The van der Waals surface area contributed by atoms with Crippen LogP contribution in [0, 0.1) is 0 Å². The molecule has 0 aromatic carbocycles. The molecular formula is C55H98O6. The van der Waals surface area contributed by atoms with Gasteiger partial charge in [0.25, 0.3) is 0 Å². The Morgan fingerprint density at radius 2 is 0.639 bits per heavy atom. The van der Waals surface area contributed by atoms with Crippen molar-refractivity contribution in [1.29, 1.82) is 0 Å². The van der Waals surface area contributed by atoms with E-state index < -0.39 is 6.10 Å². The molecule has 0 aromatic heterocycles. The van der Waals surface area contributed by atoms with Gasteiger partial charge in [0.2, 0.25) is 0 Å². The van der Waals surface area contributed by atoms with Gasteiger partial charge in [-0.3, -0.25) is 14.4 Å². The summed E-state index contributed by atoms with van der Waals surface area (Å²) in [5.74, 6) is -0.903. The average Bonchev–Trinajstić information content (AvgIpc) is 3.26. The molecule has 0 N–H and O–H groups in total. The number of hydrogen-bond donors (Lipinski definition) is 0. The summed E-state index contributed by atoms with van der Waals surface area (Å²) in [6.07, 6.45) is 59.5. The average molecular weight is 855 g/mol. The number of carbonyl (C=O) groups excluding carboxylic acids is 3. The quantitative estimate of drug-likeness (QED) is 0.0263. The van der Waals surface area contributed by atoms with Crippen molar-refractivity contribution in [2.45, 2.75) is 271 Å². The van der Waals surface area contributed by atoms with Gasteiger partial charge in [-0.25, -0.2) is 0 Å². The summed E-state index contributed by atoms with van der Waals surface area (Å²) in [7, 11) is 0. The Balaban J connectivity index is 4.32. The Hall–Kier alpha value is -2.63. The maximum atomic E-state index is 12.8. The number of ether oxygens (including phenoxy) is 3. The fourth-order valence-corrected chi connectivity index (χ4v) is 7.28. The third-order valence-electron chi connectivity index (χ3n) is 11.3. The molecule has 1 unspecified atom stereocenters. The van der Waals surface area contributed by atoms with Crippen LogP contribution >= 0.6 is 0 Å². The Morgan fingerprint density at radius 1 is 0.328 bits per heavy atom. The van der Waals surface area contributed by atoms with Gasteiger partial charge in [-0.2, -0.15) is 0 Å². The van der Waals surface area contributed by atoms with Crippen LogP contribution in [-0.4, -0.2) is 37.2 Å². The van der Waals surface area contributed by atoms with Gasteiger partial charge >= 0.3 is 17.9 Å². The van der Waals surface area contributed by atoms with Gasteiger partial charge in [-0.05, 0) is 89.9 Å². The fraction of sp³-hybridized carbons (Fsp3) is 0.800. The van der Waals surface area contributed by atoms with Crippen molar-refractivity contribution in [2.75, 3.05) is 13.2 Å². The second kappa shape index (κ2) is 50.0. The van der Waals surface area contributed by atoms with Crippen LogP contribution in [0.3, 0.4) is 0 Å². The molecule has 6 heteroatoms. The zero-order valence-corrected chi connectivity index (χ0v) is 40.4. The van der Waals surface area contributed by atoms with E-state index in [0.717, 1.165) is 96.3 Å². The highest BCUT2D eigenvalue weighted by molar-refractivity contribution is 5.71. The third-order valence-corrected chi connectivity index (χ3v) is 11.3. The molecule has 6 nitrogen and oxygen atoms in total. The summed E-state index contributed by atoms with van der Waals surface area (Å²) >= 11 is 0. The first-order valence-electron chi connectivity index (χ1n) is 26.1. The topological polar surface area (TPSA) is 78.9 Å². The number of allylic oxidation sites excluding steroid dienone is 8. The monoisotopic (exact) mass is 855 g/mol. The maximum absolute atomic E-state index is 12.8. The van der Waals surface area contributed by atoms with Gasteiger partial charge < -0.3 is 14.2 Å². The van der Waals surface area contributed by atoms with E-state index in [1.165, 1.54) is 128 Å². The van der Waals surface area contributed by atoms with Gasteiger partial charge in [0, 0.05) is 19.3 Å². The molecular weight excluding hydrogens is 757 g/mol. The first-order chi connectivity index (χ1) is 30.0. The number of esters is 3. The Morgan fingerprint density at radius 3 is 1.03 bits per heavy atom. The zero-order chi connectivity index (χ0) is 44.4. The summed E-state index contributed by atoms with van der Waals surface area (Å²) in [5.41, 5.74) is 0. The highest BCUT2D eigenvalue weighted by Crippen LogP contribution is 2.15. The van der Waals surface area contributed by atoms with Gasteiger partial charge in [0.1, 0.15) is 13.2 Å². The summed E-state index contributed by atoms with van der Waals surface area (Å²) in [6.45, 7) is 6.52. The van der Waals surface area contributed by atoms with Gasteiger partial charge in [0.15, 0.2) is 6.10 Å². The van der Waals surface area contributed by atoms with Crippen molar-refractivity contribution in [3.8, 4) is 0 Å². The normalized spacial score (nSPS) is 12.4. The number of unbranched alkanes of at least 4 members (excludes halogenated alkanes) is 28. The lowest BCUT2D eigenvalue weighted by atomic mass is 10.1. The molecule has 0 saturated carbocycles. The predicted molar refractivity (Wildman–Crippen MR) is 261 cm³/mol. The Kier molecular flexibility index (Phi) is 47.9. The van der Waals surface area contributed by atoms with E-state index in [2.05, 4.69) is 69.4 Å². The van der Waals surface area contributed by atoms with Crippen LogP contribution in [0.2, 0.25) is 0 Å². The molecule has 0 fully saturated rings. The smallest absolute Gasteiger partial charge is 0.306 e. The van der Waals surface area contributed by atoms with Crippen molar-refractivity contribution in [3.05, 3.63) is 48.6 Å². The van der Waals surface area contributed by atoms with Gasteiger partial charge in [-0.1, -0.05) is 204 Å². The molecule has 0 aliphatic heterocycles. The molecule has 0 radical (unpaired) electrons. The molecule has 0 aliphatic rings. The highest BCUT2D eigenvalue weighted by Gasteiger charge is 2.19. The largest absolute Gasteiger partial charge is 0.462 e. The summed E-state index contributed by atoms with van der Waals surface area (Å²) in [5, 5.41) is 0. The Labute approximate surface area is 378 Å².